The molecule has 0 fully saturated rings. The van der Waals surface area contributed by atoms with E-state index in [1.165, 1.54) is 54.4 Å². The van der Waals surface area contributed by atoms with E-state index in [1.54, 1.807) is 13.8 Å². The quantitative estimate of drug-likeness (QED) is 0.623. The second kappa shape index (κ2) is 8.11. The Morgan fingerprint density at radius 3 is 2.40 bits per heavy atom. The van der Waals surface area contributed by atoms with Crippen LogP contribution in [-0.4, -0.2) is 25.3 Å². The van der Waals surface area contributed by atoms with E-state index in [0.717, 1.165) is 12.1 Å². The lowest BCUT2D eigenvalue weighted by atomic mass is 10.1. The maximum Gasteiger partial charge on any atom is 0.416 e. The SMILES string of the molecule is COc1ccc(S(=O)(=O)N[C@@H](C)c2cnn(-c3cccc(C(F)(F)F)c3)c2C)cc1. The Kier molecular flexibility index (Phi) is 5.91. The second-order valence-corrected chi connectivity index (χ2v) is 8.38. The predicted molar refractivity (Wildman–Crippen MR) is 105 cm³/mol. The van der Waals surface area contributed by atoms with Gasteiger partial charge in [-0.15, -0.1) is 0 Å². The van der Waals surface area contributed by atoms with Gasteiger partial charge in [-0.05, 0) is 56.3 Å². The van der Waals surface area contributed by atoms with Crippen LogP contribution in [0.25, 0.3) is 5.69 Å². The molecule has 0 spiro atoms. The maximum absolute atomic E-state index is 13.0. The van der Waals surface area contributed by atoms with E-state index in [2.05, 4.69) is 9.82 Å². The molecule has 1 N–H and O–H groups in total. The van der Waals surface area contributed by atoms with Crippen molar-refractivity contribution in [2.75, 3.05) is 7.11 Å². The zero-order valence-electron chi connectivity index (χ0n) is 16.4. The number of aromatic nitrogens is 2. The van der Waals surface area contributed by atoms with Gasteiger partial charge in [0.15, 0.2) is 0 Å². The van der Waals surface area contributed by atoms with Crippen molar-refractivity contribution in [1.82, 2.24) is 14.5 Å². The number of sulfonamides is 1. The van der Waals surface area contributed by atoms with E-state index in [4.69, 9.17) is 4.74 Å². The summed E-state index contributed by atoms with van der Waals surface area (Å²) in [4.78, 5) is 0.0677. The van der Waals surface area contributed by atoms with Crippen LogP contribution in [0.3, 0.4) is 0 Å². The zero-order valence-corrected chi connectivity index (χ0v) is 17.3. The van der Waals surface area contributed by atoms with Gasteiger partial charge < -0.3 is 4.74 Å². The average Bonchev–Trinajstić information content (AvgIpc) is 3.08. The number of rotatable bonds is 6. The van der Waals surface area contributed by atoms with Gasteiger partial charge in [0, 0.05) is 17.3 Å². The van der Waals surface area contributed by atoms with E-state index >= 15 is 0 Å². The van der Waals surface area contributed by atoms with Crippen LogP contribution in [0.1, 0.15) is 29.8 Å². The van der Waals surface area contributed by atoms with Gasteiger partial charge in [-0.1, -0.05) is 6.07 Å². The number of benzene rings is 2. The molecule has 2 aromatic carbocycles. The third-order valence-electron chi connectivity index (χ3n) is 4.63. The van der Waals surface area contributed by atoms with Crippen molar-refractivity contribution >= 4 is 10.0 Å². The van der Waals surface area contributed by atoms with Crippen molar-refractivity contribution in [2.45, 2.75) is 31.0 Å². The smallest absolute Gasteiger partial charge is 0.416 e. The van der Waals surface area contributed by atoms with E-state index in [9.17, 15) is 21.6 Å². The molecule has 0 unspecified atom stereocenters. The number of halogens is 3. The molecule has 1 aromatic heterocycles. The topological polar surface area (TPSA) is 73.2 Å². The van der Waals surface area contributed by atoms with Crippen LogP contribution in [0.2, 0.25) is 0 Å². The fourth-order valence-electron chi connectivity index (χ4n) is 3.04. The molecular formula is C20H20F3N3O3S. The number of hydrogen-bond acceptors (Lipinski definition) is 4. The molecule has 0 saturated heterocycles. The van der Waals surface area contributed by atoms with E-state index in [1.807, 2.05) is 0 Å². The molecule has 3 rings (SSSR count). The summed E-state index contributed by atoms with van der Waals surface area (Å²) in [6.07, 6.45) is -3.03. The molecule has 30 heavy (non-hydrogen) atoms. The number of hydrogen-bond donors (Lipinski definition) is 1. The van der Waals surface area contributed by atoms with E-state index in [0.29, 0.717) is 17.0 Å². The molecule has 0 saturated carbocycles. The molecule has 10 heteroatoms. The number of nitrogens with one attached hydrogen (secondary N) is 1. The van der Waals surface area contributed by atoms with Gasteiger partial charge in [0.05, 0.1) is 29.5 Å². The van der Waals surface area contributed by atoms with Gasteiger partial charge in [-0.2, -0.15) is 18.3 Å². The van der Waals surface area contributed by atoms with Crippen LogP contribution >= 0.6 is 0 Å². The first-order valence-corrected chi connectivity index (χ1v) is 10.4. The van der Waals surface area contributed by atoms with Crippen LogP contribution in [0, 0.1) is 6.92 Å². The summed E-state index contributed by atoms with van der Waals surface area (Å²) < 4.78 is 73.2. The first kappa shape index (κ1) is 21.8. The predicted octanol–water partition coefficient (Wildman–Crippen LogP) is 4.25. The molecule has 0 aliphatic heterocycles. The summed E-state index contributed by atoms with van der Waals surface area (Å²) in [7, 11) is -2.34. The first-order valence-electron chi connectivity index (χ1n) is 8.91. The molecule has 1 atom stereocenters. The number of nitrogens with zero attached hydrogens (tertiary/aromatic N) is 2. The van der Waals surface area contributed by atoms with Gasteiger partial charge in [-0.25, -0.2) is 17.8 Å². The fraction of sp³-hybridized carbons (Fsp3) is 0.250. The minimum atomic E-state index is -4.47. The highest BCUT2D eigenvalue weighted by atomic mass is 32.2. The van der Waals surface area contributed by atoms with Crippen molar-refractivity contribution < 1.29 is 26.3 Å². The lowest BCUT2D eigenvalue weighted by Crippen LogP contribution is -2.27. The molecule has 0 bridgehead atoms. The van der Waals surface area contributed by atoms with Gasteiger partial charge in [0.1, 0.15) is 5.75 Å². The van der Waals surface area contributed by atoms with Gasteiger partial charge in [-0.3, -0.25) is 0 Å². The van der Waals surface area contributed by atoms with Crippen molar-refractivity contribution in [2.24, 2.45) is 0 Å². The summed E-state index contributed by atoms with van der Waals surface area (Å²) in [5.74, 6) is 0.528. The number of methoxy groups -OCH3 is 1. The molecule has 1 heterocycles. The molecule has 3 aromatic rings. The zero-order chi connectivity index (χ0) is 22.1. The fourth-order valence-corrected chi connectivity index (χ4v) is 4.26. The Labute approximate surface area is 172 Å². The van der Waals surface area contributed by atoms with E-state index < -0.39 is 27.8 Å². The second-order valence-electron chi connectivity index (χ2n) is 6.66. The Hall–Kier alpha value is -2.85. The van der Waals surface area contributed by atoms with Crippen LogP contribution in [-0.2, 0) is 16.2 Å². The third kappa shape index (κ3) is 4.49. The van der Waals surface area contributed by atoms with Crippen molar-refractivity contribution in [1.29, 1.82) is 0 Å². The molecule has 0 amide bonds. The third-order valence-corrected chi connectivity index (χ3v) is 6.19. The minimum Gasteiger partial charge on any atom is -0.497 e. The lowest BCUT2D eigenvalue weighted by molar-refractivity contribution is -0.137. The highest BCUT2D eigenvalue weighted by Crippen LogP contribution is 2.31. The van der Waals surface area contributed by atoms with Crippen molar-refractivity contribution in [3.05, 3.63) is 71.5 Å². The summed E-state index contributed by atoms with van der Waals surface area (Å²) in [6, 6.07) is 10.0. The van der Waals surface area contributed by atoms with Gasteiger partial charge in [0.2, 0.25) is 10.0 Å². The van der Waals surface area contributed by atoms with Crippen LogP contribution in [0.4, 0.5) is 13.2 Å². The molecule has 0 aliphatic carbocycles. The Morgan fingerprint density at radius 1 is 1.13 bits per heavy atom. The highest BCUT2D eigenvalue weighted by molar-refractivity contribution is 7.89. The van der Waals surface area contributed by atoms with E-state index in [-0.39, 0.29) is 10.6 Å². The molecule has 6 nitrogen and oxygen atoms in total. The maximum atomic E-state index is 13.0. The molecule has 0 radical (unpaired) electrons. The Bertz CT molecular complexity index is 1140. The number of alkyl halides is 3. The van der Waals surface area contributed by atoms with Crippen LogP contribution in [0.15, 0.2) is 59.6 Å². The van der Waals surface area contributed by atoms with Crippen molar-refractivity contribution in [3.8, 4) is 11.4 Å². The van der Waals surface area contributed by atoms with Crippen molar-refractivity contribution in [3.63, 3.8) is 0 Å². The molecule has 0 aliphatic rings. The largest absolute Gasteiger partial charge is 0.497 e. The molecular weight excluding hydrogens is 419 g/mol. The van der Waals surface area contributed by atoms with Gasteiger partial charge in [0.25, 0.3) is 0 Å². The monoisotopic (exact) mass is 439 g/mol. The Morgan fingerprint density at radius 2 is 1.80 bits per heavy atom. The van der Waals surface area contributed by atoms with Gasteiger partial charge >= 0.3 is 6.18 Å². The first-order chi connectivity index (χ1) is 14.0. The normalized spacial score (nSPS) is 13.3. The average molecular weight is 439 g/mol. The summed E-state index contributed by atoms with van der Waals surface area (Å²) in [5, 5.41) is 4.15. The summed E-state index contributed by atoms with van der Waals surface area (Å²) in [6.45, 7) is 3.31. The van der Waals surface area contributed by atoms with Crippen LogP contribution in [0.5, 0.6) is 5.75 Å². The standard InChI is InChI=1S/C20H20F3N3O3S/c1-13(25-30(27,28)18-9-7-17(29-3)8-10-18)19-12-24-26(14(19)2)16-6-4-5-15(11-16)20(21,22)23/h4-13,25H,1-3H3/t13-/m0/s1. The lowest BCUT2D eigenvalue weighted by Gasteiger charge is -2.15. The van der Waals surface area contributed by atoms with Crippen LogP contribution < -0.4 is 9.46 Å². The number of ether oxygens (including phenoxy) is 1. The summed E-state index contributed by atoms with van der Waals surface area (Å²) >= 11 is 0. The Balaban J connectivity index is 1.86. The highest BCUT2D eigenvalue weighted by Gasteiger charge is 2.31. The molecule has 160 valence electrons. The minimum absolute atomic E-state index is 0.0677. The summed E-state index contributed by atoms with van der Waals surface area (Å²) in [5.41, 5.74) is 0.521.